The van der Waals surface area contributed by atoms with Crippen molar-refractivity contribution in [3.05, 3.63) is 180 Å². The van der Waals surface area contributed by atoms with Crippen molar-refractivity contribution in [1.82, 2.24) is 4.98 Å². The summed E-state index contributed by atoms with van der Waals surface area (Å²) in [5, 5.41) is 0. The molecule has 0 saturated heterocycles. The summed E-state index contributed by atoms with van der Waals surface area (Å²) in [6.45, 7) is 0. The van der Waals surface area contributed by atoms with Gasteiger partial charge < -0.3 is 9.32 Å². The molecule has 0 aliphatic carbocycles. The van der Waals surface area contributed by atoms with E-state index in [-0.39, 0.29) is 0 Å². The van der Waals surface area contributed by atoms with Crippen molar-refractivity contribution in [2.75, 3.05) is 4.90 Å². The second-order valence-electron chi connectivity index (χ2n) is 11.3. The topological polar surface area (TPSA) is 29.3 Å². The highest BCUT2D eigenvalue weighted by molar-refractivity contribution is 9.10. The molecule has 224 valence electrons. The van der Waals surface area contributed by atoms with Crippen molar-refractivity contribution in [2.24, 2.45) is 0 Å². The number of halogens is 1. The number of benzene rings is 7. The maximum absolute atomic E-state index is 6.10. The van der Waals surface area contributed by atoms with Crippen molar-refractivity contribution in [1.29, 1.82) is 0 Å². The Balaban J connectivity index is 1.14. The number of fused-ring (bicyclic) bond motifs is 1. The maximum Gasteiger partial charge on any atom is 0.227 e. The largest absolute Gasteiger partial charge is 0.435 e. The lowest BCUT2D eigenvalue weighted by atomic mass is 9.89. The Bertz CT molecular complexity index is 2250. The molecule has 0 spiro atoms. The fourth-order valence-electron chi connectivity index (χ4n) is 6.16. The number of hydrogen-bond acceptors (Lipinski definition) is 3. The van der Waals surface area contributed by atoms with E-state index in [0.29, 0.717) is 5.89 Å². The lowest BCUT2D eigenvalue weighted by Crippen LogP contribution is -2.09. The van der Waals surface area contributed by atoms with Gasteiger partial charge in [0.15, 0.2) is 5.58 Å². The van der Waals surface area contributed by atoms with Gasteiger partial charge in [-0.05, 0) is 110 Å². The minimum Gasteiger partial charge on any atom is -0.435 e. The Morgan fingerprint density at radius 1 is 0.404 bits per heavy atom. The van der Waals surface area contributed by atoms with Gasteiger partial charge in [-0.1, -0.05) is 115 Å². The first-order valence-corrected chi connectivity index (χ1v) is 16.4. The molecular weight excluding hydrogens is 640 g/mol. The minimum absolute atomic E-state index is 0.610. The molecule has 0 atom stereocenters. The average Bonchev–Trinajstić information content (AvgIpc) is 3.59. The van der Waals surface area contributed by atoms with Crippen LogP contribution in [0.15, 0.2) is 185 Å². The van der Waals surface area contributed by atoms with Crippen molar-refractivity contribution in [2.45, 2.75) is 0 Å². The maximum atomic E-state index is 6.10. The Morgan fingerprint density at radius 3 is 1.38 bits per heavy atom. The molecule has 0 bridgehead atoms. The summed E-state index contributed by atoms with van der Waals surface area (Å²) in [6, 6.07) is 61.5. The summed E-state index contributed by atoms with van der Waals surface area (Å²) >= 11 is 3.57. The number of para-hydroxylation sites is 3. The fourth-order valence-corrected chi connectivity index (χ4v) is 6.60. The van der Waals surface area contributed by atoms with Crippen LogP contribution in [0.2, 0.25) is 0 Å². The molecule has 8 aromatic rings. The molecule has 8 rings (SSSR count). The summed E-state index contributed by atoms with van der Waals surface area (Å²) in [7, 11) is 0. The van der Waals surface area contributed by atoms with Gasteiger partial charge in [-0.25, -0.2) is 4.98 Å². The van der Waals surface area contributed by atoms with Crippen LogP contribution in [0.3, 0.4) is 0 Å². The van der Waals surface area contributed by atoms with Crippen LogP contribution in [0, 0.1) is 0 Å². The molecule has 0 N–H and O–H groups in total. The highest BCUT2D eigenvalue weighted by Crippen LogP contribution is 2.40. The van der Waals surface area contributed by atoms with Gasteiger partial charge in [0.05, 0.1) is 4.47 Å². The van der Waals surface area contributed by atoms with Gasteiger partial charge in [0.1, 0.15) is 5.52 Å². The van der Waals surface area contributed by atoms with E-state index in [2.05, 4.69) is 179 Å². The molecule has 0 fully saturated rings. The van der Waals surface area contributed by atoms with E-state index in [9.17, 15) is 0 Å². The van der Waals surface area contributed by atoms with Gasteiger partial charge in [0.2, 0.25) is 5.89 Å². The molecule has 3 nitrogen and oxygen atoms in total. The molecule has 4 heteroatoms. The third-order valence-corrected chi connectivity index (χ3v) is 9.04. The van der Waals surface area contributed by atoms with Gasteiger partial charge in [0, 0.05) is 22.6 Å². The molecule has 0 aliphatic heterocycles. The van der Waals surface area contributed by atoms with Crippen LogP contribution in [0.4, 0.5) is 17.1 Å². The number of aromatic nitrogens is 1. The van der Waals surface area contributed by atoms with E-state index in [4.69, 9.17) is 9.40 Å². The molecule has 1 aromatic heterocycles. The molecular formula is C43H29BrN2O. The first kappa shape index (κ1) is 28.7. The molecule has 0 unspecified atom stereocenters. The fraction of sp³-hybridized carbons (Fsp3) is 0. The van der Waals surface area contributed by atoms with Crippen LogP contribution in [-0.4, -0.2) is 4.98 Å². The van der Waals surface area contributed by atoms with Gasteiger partial charge in [-0.3, -0.25) is 0 Å². The smallest absolute Gasteiger partial charge is 0.227 e. The predicted molar refractivity (Wildman–Crippen MR) is 198 cm³/mol. The van der Waals surface area contributed by atoms with Crippen molar-refractivity contribution < 1.29 is 4.42 Å². The second kappa shape index (κ2) is 12.6. The minimum atomic E-state index is 0.610. The molecule has 0 aliphatic rings. The van der Waals surface area contributed by atoms with Gasteiger partial charge >= 0.3 is 0 Å². The SMILES string of the molecule is Brc1cccc2nc(-c3ccc(-c4ccccc4-c4ccccc4-c4ccc(N(c5ccccc5)c5ccccc5)cc4)cc3)oc12. The Hall–Kier alpha value is -5.71. The van der Waals surface area contributed by atoms with Crippen LogP contribution in [0.1, 0.15) is 0 Å². The Morgan fingerprint density at radius 2 is 0.851 bits per heavy atom. The Kier molecular flexibility index (Phi) is 7.70. The number of oxazole rings is 1. The summed E-state index contributed by atoms with van der Waals surface area (Å²) < 4.78 is 7.00. The lowest BCUT2D eigenvalue weighted by molar-refractivity contribution is 0.618. The first-order valence-electron chi connectivity index (χ1n) is 15.6. The van der Waals surface area contributed by atoms with Crippen LogP contribution < -0.4 is 4.90 Å². The van der Waals surface area contributed by atoms with Crippen LogP contribution >= 0.6 is 15.9 Å². The highest BCUT2D eigenvalue weighted by Gasteiger charge is 2.16. The summed E-state index contributed by atoms with van der Waals surface area (Å²) in [6.07, 6.45) is 0. The van der Waals surface area contributed by atoms with Crippen molar-refractivity contribution in [3.8, 4) is 44.8 Å². The summed E-state index contributed by atoms with van der Waals surface area (Å²) in [5.74, 6) is 0.610. The molecule has 47 heavy (non-hydrogen) atoms. The van der Waals surface area contributed by atoms with E-state index >= 15 is 0 Å². The molecule has 0 saturated carbocycles. The van der Waals surface area contributed by atoms with Crippen LogP contribution in [0.25, 0.3) is 55.9 Å². The average molecular weight is 670 g/mol. The molecule has 1 heterocycles. The van der Waals surface area contributed by atoms with Gasteiger partial charge in [0.25, 0.3) is 0 Å². The van der Waals surface area contributed by atoms with E-state index in [0.717, 1.165) is 49.3 Å². The normalized spacial score (nSPS) is 11.1. The van der Waals surface area contributed by atoms with E-state index < -0.39 is 0 Å². The van der Waals surface area contributed by atoms with Crippen molar-refractivity contribution in [3.63, 3.8) is 0 Å². The van der Waals surface area contributed by atoms with E-state index in [1.54, 1.807) is 0 Å². The van der Waals surface area contributed by atoms with Crippen molar-refractivity contribution >= 4 is 44.1 Å². The van der Waals surface area contributed by atoms with Gasteiger partial charge in [-0.15, -0.1) is 0 Å². The predicted octanol–water partition coefficient (Wildman–Crippen LogP) is 12.7. The second-order valence-corrected chi connectivity index (χ2v) is 12.2. The Labute approximate surface area is 282 Å². The molecule has 0 amide bonds. The number of hydrogen-bond donors (Lipinski definition) is 0. The standard InChI is InChI=1S/C43H29BrN2O/c44-40-20-11-21-41-42(40)47-43(45-41)32-24-22-30(23-25-32)36-16-7-9-18-38(36)39-19-10-8-17-37(39)31-26-28-35(29-27-31)46(33-12-3-1-4-13-33)34-14-5-2-6-15-34/h1-29H. The summed E-state index contributed by atoms with van der Waals surface area (Å²) in [4.78, 5) is 6.99. The third-order valence-electron chi connectivity index (χ3n) is 8.42. The monoisotopic (exact) mass is 668 g/mol. The molecule has 7 aromatic carbocycles. The van der Waals surface area contributed by atoms with Crippen LogP contribution in [-0.2, 0) is 0 Å². The number of anilines is 3. The molecule has 0 radical (unpaired) electrons. The highest BCUT2D eigenvalue weighted by atomic mass is 79.9. The van der Waals surface area contributed by atoms with E-state index in [1.807, 2.05) is 18.2 Å². The zero-order valence-electron chi connectivity index (χ0n) is 25.4. The first-order chi connectivity index (χ1) is 23.2. The lowest BCUT2D eigenvalue weighted by Gasteiger charge is -2.25. The zero-order chi connectivity index (χ0) is 31.6. The third kappa shape index (κ3) is 5.65. The van der Waals surface area contributed by atoms with Gasteiger partial charge in [-0.2, -0.15) is 0 Å². The zero-order valence-corrected chi connectivity index (χ0v) is 27.0. The number of rotatable bonds is 7. The van der Waals surface area contributed by atoms with E-state index in [1.165, 1.54) is 22.3 Å². The van der Waals surface area contributed by atoms with Crippen LogP contribution in [0.5, 0.6) is 0 Å². The number of nitrogens with zero attached hydrogens (tertiary/aromatic N) is 2. The quantitative estimate of drug-likeness (QED) is 0.169. The summed E-state index contributed by atoms with van der Waals surface area (Å²) in [5.41, 5.74) is 12.9.